The van der Waals surface area contributed by atoms with Crippen LogP contribution >= 0.6 is 0 Å². The van der Waals surface area contributed by atoms with E-state index in [0.717, 1.165) is 0 Å². The van der Waals surface area contributed by atoms with Gasteiger partial charge in [0, 0.05) is 25.6 Å². The van der Waals surface area contributed by atoms with E-state index in [0.29, 0.717) is 6.61 Å². The minimum Gasteiger partial charge on any atom is -0.382 e. The third kappa shape index (κ3) is 3.20. The molecule has 1 rings (SSSR count). The molecule has 0 saturated carbocycles. The second-order valence-electron chi connectivity index (χ2n) is 4.19. The third-order valence-electron chi connectivity index (χ3n) is 2.03. The fourth-order valence-corrected chi connectivity index (χ4v) is 1.37. The zero-order valence-electron chi connectivity index (χ0n) is 9.66. The molecule has 0 unspecified atom stereocenters. The van der Waals surface area contributed by atoms with Crippen molar-refractivity contribution in [3.63, 3.8) is 0 Å². The molecule has 16 heavy (non-hydrogen) atoms. The highest BCUT2D eigenvalue weighted by Crippen LogP contribution is 2.03. The maximum Gasteiger partial charge on any atom is 0.257 e. The van der Waals surface area contributed by atoms with Gasteiger partial charge in [0.2, 0.25) is 0 Å². The Morgan fingerprint density at radius 2 is 2.25 bits per heavy atom. The Labute approximate surface area is 93.8 Å². The lowest BCUT2D eigenvalue weighted by Gasteiger charge is -2.24. The van der Waals surface area contributed by atoms with E-state index in [1.54, 1.807) is 7.11 Å². The average Bonchev–Trinajstić information content (AvgIpc) is 2.17. The molecule has 5 heteroatoms. The summed E-state index contributed by atoms with van der Waals surface area (Å²) in [4.78, 5) is 25.9. The molecule has 0 aliphatic heterocycles. The van der Waals surface area contributed by atoms with Crippen molar-refractivity contribution in [3.05, 3.63) is 34.2 Å². The summed E-state index contributed by atoms with van der Waals surface area (Å²) >= 11 is 0. The smallest absolute Gasteiger partial charge is 0.257 e. The van der Waals surface area contributed by atoms with Crippen molar-refractivity contribution in [3.8, 4) is 0 Å². The van der Waals surface area contributed by atoms with E-state index in [9.17, 15) is 9.59 Å². The van der Waals surface area contributed by atoms with E-state index in [4.69, 9.17) is 4.74 Å². The standard InChI is InChI=1S/C11H16N2O3/c1-11(2,7-16-3)13-10(15)8-6-12-5-4-9(8)14/h4-6H,7H2,1-3H3,(H,12,14)(H,13,15). The Kier molecular flexibility index (Phi) is 3.84. The molecule has 2 N–H and O–H groups in total. The summed E-state index contributed by atoms with van der Waals surface area (Å²) in [5.41, 5.74) is -0.704. The molecule has 1 aromatic rings. The van der Waals surface area contributed by atoms with Crippen LogP contribution in [0.4, 0.5) is 0 Å². The third-order valence-corrected chi connectivity index (χ3v) is 2.03. The number of aromatic amines is 1. The van der Waals surface area contributed by atoms with Gasteiger partial charge in [0.15, 0.2) is 5.43 Å². The number of nitrogens with one attached hydrogen (secondary N) is 2. The van der Waals surface area contributed by atoms with Gasteiger partial charge in [0.25, 0.3) is 5.91 Å². The fourth-order valence-electron chi connectivity index (χ4n) is 1.37. The van der Waals surface area contributed by atoms with Gasteiger partial charge in [0.1, 0.15) is 5.56 Å². The summed E-state index contributed by atoms with van der Waals surface area (Å²) in [7, 11) is 1.56. The summed E-state index contributed by atoms with van der Waals surface area (Å²) in [5, 5.41) is 2.73. The first kappa shape index (κ1) is 12.4. The predicted molar refractivity (Wildman–Crippen MR) is 60.5 cm³/mol. The van der Waals surface area contributed by atoms with Crippen molar-refractivity contribution < 1.29 is 9.53 Å². The van der Waals surface area contributed by atoms with E-state index in [1.165, 1.54) is 18.5 Å². The van der Waals surface area contributed by atoms with Crippen molar-refractivity contribution in [1.29, 1.82) is 0 Å². The molecule has 1 aromatic heterocycles. The molecule has 0 saturated heterocycles. The van der Waals surface area contributed by atoms with Crippen molar-refractivity contribution >= 4 is 5.91 Å². The second-order valence-corrected chi connectivity index (χ2v) is 4.19. The maximum atomic E-state index is 11.8. The number of H-pyrrole nitrogens is 1. The first-order chi connectivity index (χ1) is 7.46. The van der Waals surface area contributed by atoms with E-state index in [2.05, 4.69) is 10.3 Å². The van der Waals surface area contributed by atoms with Crippen LogP contribution < -0.4 is 10.7 Å². The Morgan fingerprint density at radius 1 is 1.56 bits per heavy atom. The minimum absolute atomic E-state index is 0.103. The van der Waals surface area contributed by atoms with Crippen LogP contribution in [0.3, 0.4) is 0 Å². The lowest BCUT2D eigenvalue weighted by molar-refractivity contribution is 0.0818. The largest absolute Gasteiger partial charge is 0.382 e. The SMILES string of the molecule is COCC(C)(C)NC(=O)c1c[nH]ccc1=O. The molecule has 0 aliphatic carbocycles. The zero-order chi connectivity index (χ0) is 12.2. The maximum absolute atomic E-state index is 11.8. The highest BCUT2D eigenvalue weighted by atomic mass is 16.5. The van der Waals surface area contributed by atoms with Gasteiger partial charge in [-0.3, -0.25) is 9.59 Å². The molecule has 88 valence electrons. The van der Waals surface area contributed by atoms with E-state index in [-0.39, 0.29) is 11.0 Å². The predicted octanol–water partition coefficient (Wildman–Crippen LogP) is 0.530. The van der Waals surface area contributed by atoms with Gasteiger partial charge in [-0.05, 0) is 13.8 Å². The number of hydrogen-bond donors (Lipinski definition) is 2. The summed E-state index contributed by atoms with van der Waals surface area (Å²) in [6.45, 7) is 4.03. The lowest BCUT2D eigenvalue weighted by atomic mass is 10.1. The van der Waals surface area contributed by atoms with Crippen molar-refractivity contribution in [2.45, 2.75) is 19.4 Å². The van der Waals surface area contributed by atoms with Crippen molar-refractivity contribution in [1.82, 2.24) is 10.3 Å². The van der Waals surface area contributed by atoms with Gasteiger partial charge in [-0.1, -0.05) is 0 Å². The van der Waals surface area contributed by atoms with Gasteiger partial charge in [-0.15, -0.1) is 0 Å². The molecule has 1 amide bonds. The Bertz CT molecular complexity index is 423. The van der Waals surface area contributed by atoms with Crippen LogP contribution in [0.25, 0.3) is 0 Å². The summed E-state index contributed by atoms with van der Waals surface area (Å²) in [6, 6.07) is 1.32. The minimum atomic E-state index is -0.506. The summed E-state index contributed by atoms with van der Waals surface area (Å²) in [5.74, 6) is -0.399. The number of ether oxygens (including phenoxy) is 1. The first-order valence-electron chi connectivity index (χ1n) is 4.95. The Balaban J connectivity index is 2.81. The zero-order valence-corrected chi connectivity index (χ0v) is 9.66. The molecule has 0 bridgehead atoms. The molecule has 5 nitrogen and oxygen atoms in total. The summed E-state index contributed by atoms with van der Waals surface area (Å²) < 4.78 is 4.97. The molecular weight excluding hydrogens is 208 g/mol. The first-order valence-corrected chi connectivity index (χ1v) is 4.95. The number of rotatable bonds is 4. The van der Waals surface area contributed by atoms with Crippen LogP contribution in [-0.2, 0) is 4.74 Å². The number of pyridine rings is 1. The number of methoxy groups -OCH3 is 1. The topological polar surface area (TPSA) is 71.2 Å². The van der Waals surface area contributed by atoms with Crippen molar-refractivity contribution in [2.24, 2.45) is 0 Å². The van der Waals surface area contributed by atoms with E-state index >= 15 is 0 Å². The second kappa shape index (κ2) is 4.94. The molecule has 1 heterocycles. The monoisotopic (exact) mass is 224 g/mol. The van der Waals surface area contributed by atoms with E-state index in [1.807, 2.05) is 13.8 Å². The number of aromatic nitrogens is 1. The molecular formula is C11H16N2O3. The van der Waals surface area contributed by atoms with E-state index < -0.39 is 11.4 Å². The van der Waals surface area contributed by atoms with Gasteiger partial charge in [-0.25, -0.2) is 0 Å². The van der Waals surface area contributed by atoms with Gasteiger partial charge < -0.3 is 15.0 Å². The summed E-state index contributed by atoms with van der Waals surface area (Å²) in [6.07, 6.45) is 2.87. The molecule has 0 atom stereocenters. The molecule has 0 aromatic carbocycles. The van der Waals surface area contributed by atoms with Crippen LogP contribution in [0.5, 0.6) is 0 Å². The Hall–Kier alpha value is -1.62. The van der Waals surface area contributed by atoms with Crippen LogP contribution in [0.1, 0.15) is 24.2 Å². The van der Waals surface area contributed by atoms with Gasteiger partial charge >= 0.3 is 0 Å². The number of hydrogen-bond acceptors (Lipinski definition) is 3. The quantitative estimate of drug-likeness (QED) is 0.783. The number of carbonyl (C=O) groups excluding carboxylic acids is 1. The van der Waals surface area contributed by atoms with Crippen molar-refractivity contribution in [2.75, 3.05) is 13.7 Å². The molecule has 0 spiro atoms. The van der Waals surface area contributed by atoms with Gasteiger partial charge in [-0.2, -0.15) is 0 Å². The molecule has 0 aliphatic rings. The molecule has 0 radical (unpaired) electrons. The normalized spacial score (nSPS) is 11.2. The average molecular weight is 224 g/mol. The lowest BCUT2D eigenvalue weighted by Crippen LogP contribution is -2.47. The number of amides is 1. The van der Waals surface area contributed by atoms with Crippen LogP contribution in [0.2, 0.25) is 0 Å². The highest BCUT2D eigenvalue weighted by molar-refractivity contribution is 5.94. The van der Waals surface area contributed by atoms with Gasteiger partial charge in [0.05, 0.1) is 12.1 Å². The van der Waals surface area contributed by atoms with Crippen LogP contribution in [-0.4, -0.2) is 30.1 Å². The number of carbonyl (C=O) groups is 1. The molecule has 0 fully saturated rings. The highest BCUT2D eigenvalue weighted by Gasteiger charge is 2.22. The fraction of sp³-hybridized carbons (Fsp3) is 0.455. The van der Waals surface area contributed by atoms with Crippen LogP contribution in [0.15, 0.2) is 23.3 Å². The Morgan fingerprint density at radius 3 is 2.81 bits per heavy atom. The van der Waals surface area contributed by atoms with Crippen LogP contribution in [0, 0.1) is 0 Å².